The van der Waals surface area contributed by atoms with Gasteiger partial charge in [0.05, 0.1) is 19.2 Å². The average Bonchev–Trinajstić information content (AvgIpc) is 3.10. The molecule has 0 N–H and O–H groups in total. The fourth-order valence-electron chi connectivity index (χ4n) is 3.28. The van der Waals surface area contributed by atoms with Crippen molar-refractivity contribution >= 4 is 16.8 Å². The topological polar surface area (TPSA) is 68.5 Å². The van der Waals surface area contributed by atoms with Crippen LogP contribution in [0.1, 0.15) is 48.6 Å². The number of carbonyl (C=O) groups excluding carboxylic acids is 1. The van der Waals surface area contributed by atoms with Crippen LogP contribution in [0.25, 0.3) is 10.9 Å². The Labute approximate surface area is 158 Å². The standard InChI is InChI=1S/C21H23N3O3/c1-21(2,3)20-23-16-12-24(10-9-17(16)27-20)19(25)15-11-18(26-4)13-7-5-6-8-14(13)22-15/h5-8,11H,9-10,12H2,1-4H3. The van der Waals surface area contributed by atoms with E-state index >= 15 is 0 Å². The maximum absolute atomic E-state index is 13.1. The van der Waals surface area contributed by atoms with E-state index in [9.17, 15) is 4.79 Å². The summed E-state index contributed by atoms with van der Waals surface area (Å²) in [5.41, 5.74) is 1.81. The van der Waals surface area contributed by atoms with Crippen LogP contribution < -0.4 is 4.74 Å². The highest BCUT2D eigenvalue weighted by Gasteiger charge is 2.30. The Hall–Kier alpha value is -2.89. The largest absolute Gasteiger partial charge is 0.496 e. The molecule has 1 amide bonds. The summed E-state index contributed by atoms with van der Waals surface area (Å²) >= 11 is 0. The van der Waals surface area contributed by atoms with Crippen molar-refractivity contribution in [3.8, 4) is 5.75 Å². The fraction of sp³-hybridized carbons (Fsp3) is 0.381. The molecule has 0 fully saturated rings. The number of fused-ring (bicyclic) bond motifs is 2. The van der Waals surface area contributed by atoms with Crippen molar-refractivity contribution in [3.05, 3.63) is 53.4 Å². The number of amides is 1. The average molecular weight is 365 g/mol. The molecule has 0 atom stereocenters. The van der Waals surface area contributed by atoms with Crippen LogP contribution in [0.15, 0.2) is 34.7 Å². The van der Waals surface area contributed by atoms with Crippen LogP contribution in [0.3, 0.4) is 0 Å². The van der Waals surface area contributed by atoms with E-state index < -0.39 is 0 Å². The number of carbonyl (C=O) groups is 1. The maximum atomic E-state index is 13.1. The Morgan fingerprint density at radius 1 is 1.22 bits per heavy atom. The molecule has 140 valence electrons. The molecule has 27 heavy (non-hydrogen) atoms. The van der Waals surface area contributed by atoms with Gasteiger partial charge in [-0.2, -0.15) is 0 Å². The van der Waals surface area contributed by atoms with Gasteiger partial charge in [-0.05, 0) is 12.1 Å². The van der Waals surface area contributed by atoms with Crippen LogP contribution >= 0.6 is 0 Å². The number of aromatic nitrogens is 2. The van der Waals surface area contributed by atoms with Crippen LogP contribution in [0.5, 0.6) is 5.75 Å². The third kappa shape index (κ3) is 3.16. The van der Waals surface area contributed by atoms with Crippen molar-refractivity contribution in [2.45, 2.75) is 39.2 Å². The first-order valence-electron chi connectivity index (χ1n) is 9.09. The summed E-state index contributed by atoms with van der Waals surface area (Å²) in [6.07, 6.45) is 0.662. The summed E-state index contributed by atoms with van der Waals surface area (Å²) in [6.45, 7) is 7.22. The fourth-order valence-corrected chi connectivity index (χ4v) is 3.28. The highest BCUT2D eigenvalue weighted by molar-refractivity contribution is 5.97. The van der Waals surface area contributed by atoms with Crippen molar-refractivity contribution < 1.29 is 13.9 Å². The highest BCUT2D eigenvalue weighted by Crippen LogP contribution is 2.29. The Balaban J connectivity index is 1.64. The van der Waals surface area contributed by atoms with Gasteiger partial charge in [-0.3, -0.25) is 4.79 Å². The molecule has 6 nitrogen and oxygen atoms in total. The third-order valence-corrected chi connectivity index (χ3v) is 4.77. The minimum Gasteiger partial charge on any atom is -0.496 e. The van der Waals surface area contributed by atoms with Crippen molar-refractivity contribution in [2.24, 2.45) is 0 Å². The summed E-state index contributed by atoms with van der Waals surface area (Å²) in [7, 11) is 1.60. The van der Waals surface area contributed by atoms with Crippen molar-refractivity contribution in [1.29, 1.82) is 0 Å². The summed E-state index contributed by atoms with van der Waals surface area (Å²) in [4.78, 5) is 24.0. The second kappa shape index (κ2) is 6.37. The molecule has 4 rings (SSSR count). The Bertz CT molecular complexity index is 1020. The lowest BCUT2D eigenvalue weighted by molar-refractivity contribution is 0.0722. The van der Waals surface area contributed by atoms with E-state index in [1.165, 1.54) is 0 Å². The Morgan fingerprint density at radius 3 is 2.74 bits per heavy atom. The molecule has 1 aliphatic heterocycles. The molecule has 0 spiro atoms. The van der Waals surface area contributed by atoms with Crippen molar-refractivity contribution in [1.82, 2.24) is 14.9 Å². The van der Waals surface area contributed by atoms with Crippen molar-refractivity contribution in [2.75, 3.05) is 13.7 Å². The van der Waals surface area contributed by atoms with Crippen LogP contribution in [-0.2, 0) is 18.4 Å². The van der Waals surface area contributed by atoms with Gasteiger partial charge in [-0.15, -0.1) is 0 Å². The second-order valence-electron chi connectivity index (χ2n) is 7.84. The van der Waals surface area contributed by atoms with Gasteiger partial charge in [-0.1, -0.05) is 32.9 Å². The van der Waals surface area contributed by atoms with E-state index in [1.807, 2.05) is 24.3 Å². The summed E-state index contributed by atoms with van der Waals surface area (Å²) in [6, 6.07) is 9.36. The lowest BCUT2D eigenvalue weighted by Gasteiger charge is -2.25. The van der Waals surface area contributed by atoms with Crippen LogP contribution in [-0.4, -0.2) is 34.4 Å². The van der Waals surface area contributed by atoms with Gasteiger partial charge < -0.3 is 14.1 Å². The molecular weight excluding hydrogens is 342 g/mol. The molecule has 0 unspecified atom stereocenters. The molecule has 1 aromatic carbocycles. The number of para-hydroxylation sites is 1. The zero-order chi connectivity index (χ0) is 19.2. The predicted octanol–water partition coefficient (Wildman–Crippen LogP) is 3.73. The second-order valence-corrected chi connectivity index (χ2v) is 7.84. The van der Waals surface area contributed by atoms with Crippen LogP contribution in [0.4, 0.5) is 0 Å². The number of oxazole rings is 1. The zero-order valence-electron chi connectivity index (χ0n) is 16.1. The molecule has 0 radical (unpaired) electrons. The monoisotopic (exact) mass is 365 g/mol. The lowest BCUT2D eigenvalue weighted by Crippen LogP contribution is -2.36. The first kappa shape index (κ1) is 17.5. The molecular formula is C21H23N3O3. The third-order valence-electron chi connectivity index (χ3n) is 4.77. The van der Waals surface area contributed by atoms with E-state index in [1.54, 1.807) is 18.1 Å². The van der Waals surface area contributed by atoms with Crippen molar-refractivity contribution in [3.63, 3.8) is 0 Å². The van der Waals surface area contributed by atoms with E-state index in [0.717, 1.165) is 22.4 Å². The quantitative estimate of drug-likeness (QED) is 0.692. The molecule has 3 heterocycles. The molecule has 6 heteroatoms. The van der Waals surface area contributed by atoms with Gasteiger partial charge in [-0.25, -0.2) is 9.97 Å². The minimum atomic E-state index is -0.153. The van der Waals surface area contributed by atoms with Gasteiger partial charge in [0.25, 0.3) is 5.91 Å². The SMILES string of the molecule is COc1cc(C(=O)N2CCc3oc(C(C)(C)C)nc3C2)nc2ccccc12. The number of rotatable bonds is 2. The highest BCUT2D eigenvalue weighted by atomic mass is 16.5. The van der Waals surface area contributed by atoms with Gasteiger partial charge in [0.2, 0.25) is 0 Å². The normalized spacial score (nSPS) is 14.3. The number of hydrogen-bond donors (Lipinski definition) is 0. The molecule has 0 aliphatic carbocycles. The smallest absolute Gasteiger partial charge is 0.272 e. The predicted molar refractivity (Wildman–Crippen MR) is 102 cm³/mol. The summed E-state index contributed by atoms with van der Waals surface area (Å²) in [5.74, 6) is 2.13. The van der Waals surface area contributed by atoms with E-state index in [4.69, 9.17) is 9.15 Å². The molecule has 0 bridgehead atoms. The van der Waals surface area contributed by atoms with E-state index in [2.05, 4.69) is 30.7 Å². The molecule has 3 aromatic rings. The Kier molecular flexibility index (Phi) is 4.13. The van der Waals surface area contributed by atoms with Crippen LogP contribution in [0, 0.1) is 0 Å². The summed E-state index contributed by atoms with van der Waals surface area (Å²) in [5, 5.41) is 0.892. The van der Waals surface area contributed by atoms with Gasteiger partial charge in [0, 0.05) is 29.8 Å². The molecule has 0 saturated heterocycles. The first-order chi connectivity index (χ1) is 12.9. The molecule has 1 aliphatic rings. The number of nitrogens with zero attached hydrogens (tertiary/aromatic N) is 3. The van der Waals surface area contributed by atoms with E-state index in [0.29, 0.717) is 36.8 Å². The number of hydrogen-bond acceptors (Lipinski definition) is 5. The number of benzene rings is 1. The maximum Gasteiger partial charge on any atom is 0.272 e. The molecule has 2 aromatic heterocycles. The van der Waals surface area contributed by atoms with Gasteiger partial charge in [0.15, 0.2) is 5.89 Å². The number of pyridine rings is 1. The van der Waals surface area contributed by atoms with Gasteiger partial charge in [0.1, 0.15) is 22.9 Å². The molecule has 0 saturated carbocycles. The minimum absolute atomic E-state index is 0.120. The number of ether oxygens (including phenoxy) is 1. The van der Waals surface area contributed by atoms with Crippen LogP contribution in [0.2, 0.25) is 0 Å². The first-order valence-corrected chi connectivity index (χ1v) is 9.09. The van der Waals surface area contributed by atoms with E-state index in [-0.39, 0.29) is 11.3 Å². The number of methoxy groups -OCH3 is 1. The Morgan fingerprint density at radius 2 is 2.00 bits per heavy atom. The zero-order valence-corrected chi connectivity index (χ0v) is 16.1. The van der Waals surface area contributed by atoms with Gasteiger partial charge >= 0.3 is 0 Å². The lowest BCUT2D eigenvalue weighted by atomic mass is 9.97. The summed E-state index contributed by atoms with van der Waals surface area (Å²) < 4.78 is 11.4.